The van der Waals surface area contributed by atoms with Crippen LogP contribution in [-0.4, -0.2) is 54.0 Å². The lowest BCUT2D eigenvalue weighted by Crippen LogP contribution is -2.58. The summed E-state index contributed by atoms with van der Waals surface area (Å²) in [5.41, 5.74) is 0.361. The van der Waals surface area contributed by atoms with Crippen LogP contribution < -0.4 is 5.32 Å². The number of amides is 3. The van der Waals surface area contributed by atoms with Crippen LogP contribution in [0.5, 0.6) is 0 Å². The Morgan fingerprint density at radius 3 is 2.15 bits per heavy atom. The van der Waals surface area contributed by atoms with Gasteiger partial charge in [-0.05, 0) is 61.1 Å². The molecule has 34 heavy (non-hydrogen) atoms. The van der Waals surface area contributed by atoms with E-state index in [0.29, 0.717) is 30.5 Å². The molecule has 7 nitrogen and oxygen atoms in total. The number of imide groups is 1. The summed E-state index contributed by atoms with van der Waals surface area (Å²) in [5, 5.41) is 2.93. The molecule has 180 valence electrons. The van der Waals surface area contributed by atoms with Crippen molar-refractivity contribution >= 4 is 21.8 Å². The zero-order chi connectivity index (χ0) is 24.3. The molecule has 2 atom stereocenters. The van der Waals surface area contributed by atoms with Gasteiger partial charge in [0.05, 0.1) is 11.4 Å². The Balaban J connectivity index is 1.30. The lowest BCUT2D eigenvalue weighted by molar-refractivity contribution is -0.134. The minimum atomic E-state index is -3.33. The number of piperidine rings is 1. The van der Waals surface area contributed by atoms with Crippen LogP contribution >= 0.6 is 0 Å². The molecule has 3 saturated heterocycles. The zero-order valence-electron chi connectivity index (χ0n) is 18.6. The molecular weight excluding hydrogens is 464 g/mol. The molecule has 10 heteroatoms. The molecule has 5 rings (SSSR count). The van der Waals surface area contributed by atoms with E-state index in [2.05, 4.69) is 10.2 Å². The summed E-state index contributed by atoms with van der Waals surface area (Å²) in [7, 11) is -3.33. The Morgan fingerprint density at radius 2 is 1.56 bits per heavy atom. The Kier molecular flexibility index (Phi) is 5.48. The average Bonchev–Trinajstić information content (AvgIpc) is 3.14. The Bertz CT molecular complexity index is 1250. The number of halogens is 2. The lowest BCUT2D eigenvalue weighted by atomic mass is 9.82. The third-order valence-corrected chi connectivity index (χ3v) is 8.36. The molecule has 0 radical (unpaired) electrons. The van der Waals surface area contributed by atoms with Gasteiger partial charge in [-0.1, -0.05) is 18.2 Å². The summed E-state index contributed by atoms with van der Waals surface area (Å²) < 4.78 is 50.3. The quantitative estimate of drug-likeness (QED) is 0.653. The molecule has 2 bridgehead atoms. The molecular formula is C24H25F2N3O4S. The second-order valence-electron chi connectivity index (χ2n) is 9.53. The predicted molar refractivity (Wildman–Crippen MR) is 119 cm³/mol. The van der Waals surface area contributed by atoms with Gasteiger partial charge in [-0.3, -0.25) is 14.6 Å². The molecule has 1 spiro atoms. The molecule has 3 fully saturated rings. The van der Waals surface area contributed by atoms with Gasteiger partial charge >= 0.3 is 6.03 Å². The normalized spacial score (nSPS) is 27.0. The van der Waals surface area contributed by atoms with Crippen molar-refractivity contribution in [2.75, 3.05) is 6.26 Å². The molecule has 0 aliphatic carbocycles. The van der Waals surface area contributed by atoms with Crippen molar-refractivity contribution in [2.24, 2.45) is 0 Å². The number of rotatable bonds is 5. The van der Waals surface area contributed by atoms with E-state index in [1.165, 1.54) is 23.1 Å². The minimum Gasteiger partial charge on any atom is -0.323 e. The number of sulfone groups is 1. The first-order chi connectivity index (χ1) is 16.1. The number of carbonyl (C=O) groups is 2. The standard InChI is InChI=1S/C24H25F2N3O4S/c1-34(32,33)19-7-2-15(3-8-19)13-29-22(30)24(27-23(29)31)11-17-5-6-18(12-24)28(17)14-16-4-9-20(25)21(26)10-16/h2-4,7-10,17-18H,5-6,11-14H2,1H3,(H,27,31). The van der Waals surface area contributed by atoms with E-state index in [0.717, 1.165) is 25.2 Å². The topological polar surface area (TPSA) is 86.8 Å². The number of benzene rings is 2. The van der Waals surface area contributed by atoms with Crippen LogP contribution in [-0.2, 0) is 27.7 Å². The van der Waals surface area contributed by atoms with Crippen LogP contribution in [0.25, 0.3) is 0 Å². The van der Waals surface area contributed by atoms with Gasteiger partial charge in [0.25, 0.3) is 5.91 Å². The van der Waals surface area contributed by atoms with Gasteiger partial charge < -0.3 is 5.32 Å². The fraction of sp³-hybridized carbons (Fsp3) is 0.417. The molecule has 1 N–H and O–H groups in total. The maximum Gasteiger partial charge on any atom is 0.325 e. The zero-order valence-corrected chi connectivity index (χ0v) is 19.4. The Hall–Kier alpha value is -2.85. The fourth-order valence-corrected chi connectivity index (χ4v) is 6.20. The molecule has 3 heterocycles. The van der Waals surface area contributed by atoms with E-state index < -0.39 is 33.0 Å². The van der Waals surface area contributed by atoms with E-state index in [1.54, 1.807) is 18.2 Å². The van der Waals surface area contributed by atoms with Crippen LogP contribution in [0.2, 0.25) is 0 Å². The molecule has 0 aromatic heterocycles. The van der Waals surface area contributed by atoms with E-state index in [1.807, 2.05) is 0 Å². The number of nitrogens with zero attached hydrogens (tertiary/aromatic N) is 2. The van der Waals surface area contributed by atoms with E-state index in [9.17, 15) is 26.8 Å². The van der Waals surface area contributed by atoms with Crippen molar-refractivity contribution in [1.29, 1.82) is 0 Å². The monoisotopic (exact) mass is 489 g/mol. The van der Waals surface area contributed by atoms with E-state index in [4.69, 9.17) is 0 Å². The van der Waals surface area contributed by atoms with Crippen molar-refractivity contribution in [3.63, 3.8) is 0 Å². The Morgan fingerprint density at radius 1 is 0.941 bits per heavy atom. The molecule has 2 aromatic carbocycles. The summed E-state index contributed by atoms with van der Waals surface area (Å²) in [5.74, 6) is -2.03. The highest BCUT2D eigenvalue weighted by atomic mass is 32.2. The van der Waals surface area contributed by atoms with Gasteiger partial charge in [0.1, 0.15) is 5.54 Å². The largest absolute Gasteiger partial charge is 0.325 e. The number of nitrogens with one attached hydrogen (secondary N) is 1. The maximum absolute atomic E-state index is 13.7. The van der Waals surface area contributed by atoms with Crippen LogP contribution in [0.3, 0.4) is 0 Å². The van der Waals surface area contributed by atoms with Crippen LogP contribution in [0.4, 0.5) is 13.6 Å². The fourth-order valence-electron chi connectivity index (χ4n) is 5.57. The summed E-state index contributed by atoms with van der Waals surface area (Å²) in [6, 6.07) is 9.69. The van der Waals surface area contributed by atoms with Crippen molar-refractivity contribution < 1.29 is 26.8 Å². The van der Waals surface area contributed by atoms with Gasteiger partial charge in [0.15, 0.2) is 21.5 Å². The second-order valence-corrected chi connectivity index (χ2v) is 11.5. The smallest absolute Gasteiger partial charge is 0.323 e. The van der Waals surface area contributed by atoms with Crippen LogP contribution in [0, 0.1) is 11.6 Å². The lowest BCUT2D eigenvalue weighted by Gasteiger charge is -2.43. The van der Waals surface area contributed by atoms with Crippen molar-refractivity contribution in [3.05, 3.63) is 65.2 Å². The predicted octanol–water partition coefficient (Wildman–Crippen LogP) is 2.99. The maximum atomic E-state index is 13.7. The summed E-state index contributed by atoms with van der Waals surface area (Å²) in [4.78, 5) is 29.8. The first-order valence-electron chi connectivity index (χ1n) is 11.2. The number of urea groups is 1. The van der Waals surface area contributed by atoms with E-state index >= 15 is 0 Å². The van der Waals surface area contributed by atoms with Gasteiger partial charge in [0.2, 0.25) is 0 Å². The van der Waals surface area contributed by atoms with E-state index in [-0.39, 0.29) is 29.4 Å². The summed E-state index contributed by atoms with van der Waals surface area (Å²) in [6.45, 7) is 0.519. The molecule has 2 aromatic rings. The summed E-state index contributed by atoms with van der Waals surface area (Å²) >= 11 is 0. The minimum absolute atomic E-state index is 0.0464. The van der Waals surface area contributed by atoms with Gasteiger partial charge in [-0.25, -0.2) is 22.0 Å². The molecule has 3 aliphatic heterocycles. The highest BCUT2D eigenvalue weighted by Gasteiger charge is 2.58. The van der Waals surface area contributed by atoms with Crippen molar-refractivity contribution in [2.45, 2.75) is 61.3 Å². The highest BCUT2D eigenvalue weighted by molar-refractivity contribution is 7.90. The third kappa shape index (κ3) is 3.98. The van der Waals surface area contributed by atoms with Crippen molar-refractivity contribution in [1.82, 2.24) is 15.1 Å². The molecule has 3 amide bonds. The SMILES string of the molecule is CS(=O)(=O)c1ccc(CN2C(=O)NC3(CC4CCC(C3)N4Cc3ccc(F)c(F)c3)C2=O)cc1. The number of carbonyl (C=O) groups excluding carboxylic acids is 2. The van der Waals surface area contributed by atoms with Gasteiger partial charge in [-0.2, -0.15) is 0 Å². The Labute approximate surface area is 196 Å². The molecule has 3 aliphatic rings. The average molecular weight is 490 g/mol. The van der Waals surface area contributed by atoms with Crippen molar-refractivity contribution in [3.8, 4) is 0 Å². The summed E-state index contributed by atoms with van der Waals surface area (Å²) in [6.07, 6.45) is 3.78. The second kappa shape index (κ2) is 8.13. The molecule has 0 saturated carbocycles. The third-order valence-electron chi connectivity index (χ3n) is 7.23. The number of hydrogen-bond acceptors (Lipinski definition) is 5. The van der Waals surface area contributed by atoms with Gasteiger partial charge in [-0.15, -0.1) is 0 Å². The number of hydrogen-bond donors (Lipinski definition) is 1. The first kappa shape index (κ1) is 22.9. The first-order valence-corrected chi connectivity index (χ1v) is 13.1. The van der Waals surface area contributed by atoms with Gasteiger partial charge in [0, 0.05) is 24.9 Å². The highest BCUT2D eigenvalue weighted by Crippen LogP contribution is 2.44. The number of fused-ring (bicyclic) bond motifs is 2. The molecule has 2 unspecified atom stereocenters. The van der Waals surface area contributed by atoms with Crippen LogP contribution in [0.1, 0.15) is 36.8 Å². The van der Waals surface area contributed by atoms with Crippen LogP contribution in [0.15, 0.2) is 47.4 Å².